The van der Waals surface area contributed by atoms with Crippen molar-refractivity contribution in [2.75, 3.05) is 5.32 Å². The van der Waals surface area contributed by atoms with Crippen LogP contribution in [-0.4, -0.2) is 19.9 Å². The molecular formula is C16H12ClN5O2S. The fourth-order valence-corrected chi connectivity index (χ4v) is 2.96. The monoisotopic (exact) mass is 373 g/mol. The highest BCUT2D eigenvalue weighted by molar-refractivity contribution is 7.99. The Kier molecular flexibility index (Phi) is 5.11. The molecule has 1 N–H and O–H groups in total. The zero-order valence-corrected chi connectivity index (χ0v) is 14.6. The van der Waals surface area contributed by atoms with Gasteiger partial charge in [0.25, 0.3) is 0 Å². The molecule has 7 nitrogen and oxygen atoms in total. The van der Waals surface area contributed by atoms with Crippen molar-refractivity contribution in [3.05, 3.63) is 69.6 Å². The minimum absolute atomic E-state index is 0.0906. The zero-order chi connectivity index (χ0) is 17.8. The van der Waals surface area contributed by atoms with Crippen LogP contribution in [0, 0.1) is 17.0 Å². The molecule has 126 valence electrons. The van der Waals surface area contributed by atoms with Gasteiger partial charge in [0.05, 0.1) is 4.92 Å². The molecule has 0 saturated heterocycles. The summed E-state index contributed by atoms with van der Waals surface area (Å²) in [5.74, 6) is 0.558. The molecule has 3 rings (SSSR count). The van der Waals surface area contributed by atoms with Crippen LogP contribution in [0.5, 0.6) is 0 Å². The van der Waals surface area contributed by atoms with Gasteiger partial charge in [0.2, 0.25) is 5.82 Å². The summed E-state index contributed by atoms with van der Waals surface area (Å²) in [4.78, 5) is 24.1. The van der Waals surface area contributed by atoms with Gasteiger partial charge in [0.1, 0.15) is 12.1 Å². The molecule has 0 atom stereocenters. The summed E-state index contributed by atoms with van der Waals surface area (Å²) in [5, 5.41) is 15.3. The lowest BCUT2D eigenvalue weighted by Gasteiger charge is -2.08. The van der Waals surface area contributed by atoms with E-state index in [1.165, 1.54) is 18.1 Å². The third kappa shape index (κ3) is 4.23. The second-order valence-electron chi connectivity index (χ2n) is 5.03. The minimum Gasteiger partial charge on any atom is -0.319 e. The molecule has 0 spiro atoms. The van der Waals surface area contributed by atoms with E-state index in [0.717, 1.165) is 10.5 Å². The van der Waals surface area contributed by atoms with Crippen molar-refractivity contribution in [2.45, 2.75) is 16.8 Å². The van der Waals surface area contributed by atoms with Gasteiger partial charge in [0, 0.05) is 16.1 Å². The van der Waals surface area contributed by atoms with Crippen molar-refractivity contribution in [1.29, 1.82) is 0 Å². The van der Waals surface area contributed by atoms with E-state index in [-0.39, 0.29) is 16.5 Å². The van der Waals surface area contributed by atoms with Gasteiger partial charge < -0.3 is 5.32 Å². The summed E-state index contributed by atoms with van der Waals surface area (Å²) >= 11 is 7.03. The predicted molar refractivity (Wildman–Crippen MR) is 96.5 cm³/mol. The van der Waals surface area contributed by atoms with Gasteiger partial charge in [0.15, 0.2) is 5.03 Å². The molecule has 1 aromatic carbocycles. The number of nitrogens with zero attached hydrogens (tertiary/aromatic N) is 4. The molecular weight excluding hydrogens is 362 g/mol. The maximum Gasteiger partial charge on any atom is 0.343 e. The summed E-state index contributed by atoms with van der Waals surface area (Å²) in [6.45, 7) is 1.91. The number of halogens is 1. The summed E-state index contributed by atoms with van der Waals surface area (Å²) in [5.41, 5.74) is 0.784. The summed E-state index contributed by atoms with van der Waals surface area (Å²) in [7, 11) is 0. The van der Waals surface area contributed by atoms with Gasteiger partial charge in [-0.05, 0) is 42.8 Å². The van der Waals surface area contributed by atoms with Crippen molar-refractivity contribution < 1.29 is 4.92 Å². The Morgan fingerprint density at radius 1 is 1.12 bits per heavy atom. The molecule has 25 heavy (non-hydrogen) atoms. The van der Waals surface area contributed by atoms with Gasteiger partial charge in [-0.15, -0.1) is 0 Å². The molecule has 0 bridgehead atoms. The maximum absolute atomic E-state index is 11.6. The van der Waals surface area contributed by atoms with Crippen LogP contribution in [0.4, 0.5) is 17.3 Å². The van der Waals surface area contributed by atoms with Crippen molar-refractivity contribution in [3.8, 4) is 0 Å². The average molecular weight is 374 g/mol. The number of rotatable bonds is 5. The number of hydrogen-bond acceptors (Lipinski definition) is 7. The number of aryl methyl sites for hydroxylation is 1. The number of anilines is 2. The molecule has 0 aliphatic rings. The van der Waals surface area contributed by atoms with Crippen LogP contribution in [0.3, 0.4) is 0 Å². The quantitative estimate of drug-likeness (QED) is 0.395. The van der Waals surface area contributed by atoms with Gasteiger partial charge in [-0.1, -0.05) is 29.4 Å². The van der Waals surface area contributed by atoms with Crippen LogP contribution in [0.2, 0.25) is 5.02 Å². The lowest BCUT2D eigenvalue weighted by Crippen LogP contribution is -2.03. The predicted octanol–water partition coefficient (Wildman–Crippen LogP) is 4.64. The molecule has 2 aromatic heterocycles. The third-order valence-electron chi connectivity index (χ3n) is 3.16. The first-order valence-electron chi connectivity index (χ1n) is 7.15. The molecule has 2 heterocycles. The Bertz CT molecular complexity index is 838. The van der Waals surface area contributed by atoms with E-state index < -0.39 is 4.92 Å². The topological polar surface area (TPSA) is 93.8 Å². The zero-order valence-electron chi connectivity index (χ0n) is 13.0. The van der Waals surface area contributed by atoms with Gasteiger partial charge >= 0.3 is 5.69 Å². The first-order valence-corrected chi connectivity index (χ1v) is 8.35. The number of hydrogen-bond donors (Lipinski definition) is 1. The largest absolute Gasteiger partial charge is 0.343 e. The lowest BCUT2D eigenvalue weighted by molar-refractivity contribution is -0.387. The highest BCUT2D eigenvalue weighted by Crippen LogP contribution is 2.37. The number of nitrogens with one attached hydrogen (secondary N) is 1. The van der Waals surface area contributed by atoms with E-state index in [9.17, 15) is 10.1 Å². The Labute approximate surface area is 152 Å². The van der Waals surface area contributed by atoms with E-state index in [1.54, 1.807) is 36.5 Å². The first kappa shape index (κ1) is 17.1. The highest BCUT2D eigenvalue weighted by Gasteiger charge is 2.24. The molecule has 0 saturated carbocycles. The Hall–Kier alpha value is -2.71. The van der Waals surface area contributed by atoms with E-state index in [2.05, 4.69) is 20.3 Å². The summed E-state index contributed by atoms with van der Waals surface area (Å²) in [6.07, 6.45) is 2.94. The van der Waals surface area contributed by atoms with Crippen molar-refractivity contribution >= 4 is 40.7 Å². The fraction of sp³-hybridized carbons (Fsp3) is 0.0625. The van der Waals surface area contributed by atoms with Gasteiger partial charge in [-0.2, -0.15) is 0 Å². The minimum atomic E-state index is -0.505. The van der Waals surface area contributed by atoms with Crippen LogP contribution < -0.4 is 5.32 Å². The second kappa shape index (κ2) is 7.45. The lowest BCUT2D eigenvalue weighted by atomic mass is 10.3. The Balaban J connectivity index is 1.94. The van der Waals surface area contributed by atoms with Crippen molar-refractivity contribution in [2.24, 2.45) is 0 Å². The fourth-order valence-electron chi connectivity index (χ4n) is 1.97. The SMILES string of the molecule is Cc1ccc(Nc2ncnc(Sc3ccc(Cl)cc3)c2[N+](=O)[O-])nc1. The maximum atomic E-state index is 11.6. The normalized spacial score (nSPS) is 10.5. The van der Waals surface area contributed by atoms with E-state index in [0.29, 0.717) is 10.8 Å². The number of pyridine rings is 1. The second-order valence-corrected chi connectivity index (χ2v) is 6.53. The number of benzene rings is 1. The van der Waals surface area contributed by atoms with E-state index >= 15 is 0 Å². The van der Waals surface area contributed by atoms with Crippen LogP contribution in [0.15, 0.2) is 58.8 Å². The first-order chi connectivity index (χ1) is 12.0. The number of nitro groups is 1. The standard InChI is InChI=1S/C16H12ClN5O2S/c1-10-2-7-13(18-8-10)21-15-14(22(23)24)16(20-9-19-15)25-12-5-3-11(17)4-6-12/h2-9H,1H3,(H,18,19,20,21). The Morgan fingerprint density at radius 3 is 2.52 bits per heavy atom. The van der Waals surface area contributed by atoms with E-state index in [1.807, 2.05) is 13.0 Å². The molecule has 0 aliphatic heterocycles. The molecule has 3 aromatic rings. The number of aromatic nitrogens is 3. The Morgan fingerprint density at radius 2 is 1.88 bits per heavy atom. The van der Waals surface area contributed by atoms with Gasteiger partial charge in [-0.25, -0.2) is 15.0 Å². The average Bonchev–Trinajstić information content (AvgIpc) is 2.59. The summed E-state index contributed by atoms with van der Waals surface area (Å²) < 4.78 is 0. The van der Waals surface area contributed by atoms with Gasteiger partial charge in [-0.3, -0.25) is 10.1 Å². The highest BCUT2D eigenvalue weighted by atomic mass is 35.5. The molecule has 0 aliphatic carbocycles. The molecule has 0 radical (unpaired) electrons. The molecule has 0 fully saturated rings. The van der Waals surface area contributed by atoms with Crippen molar-refractivity contribution in [3.63, 3.8) is 0 Å². The van der Waals surface area contributed by atoms with Crippen LogP contribution >= 0.6 is 23.4 Å². The van der Waals surface area contributed by atoms with Crippen LogP contribution in [0.1, 0.15) is 5.56 Å². The molecule has 0 unspecified atom stereocenters. The van der Waals surface area contributed by atoms with E-state index in [4.69, 9.17) is 11.6 Å². The smallest absolute Gasteiger partial charge is 0.319 e. The van der Waals surface area contributed by atoms with Crippen molar-refractivity contribution in [1.82, 2.24) is 15.0 Å². The molecule has 9 heteroatoms. The third-order valence-corrected chi connectivity index (χ3v) is 4.41. The van der Waals surface area contributed by atoms with Crippen LogP contribution in [-0.2, 0) is 0 Å². The molecule has 0 amide bonds. The van der Waals surface area contributed by atoms with Crippen LogP contribution in [0.25, 0.3) is 0 Å². The summed E-state index contributed by atoms with van der Waals surface area (Å²) in [6, 6.07) is 10.6.